The second-order valence-corrected chi connectivity index (χ2v) is 18.3. The fraction of sp³-hybridized carbons (Fsp3) is 0.467. The van der Waals surface area contributed by atoms with Crippen molar-refractivity contribution in [2.45, 2.75) is 104 Å². The molecule has 0 spiro atoms. The Morgan fingerprint density at radius 2 is 1.68 bits per heavy atom. The molecule has 1 atom stereocenters. The Morgan fingerprint density at radius 3 is 2.39 bits per heavy atom. The summed E-state index contributed by atoms with van der Waals surface area (Å²) in [5, 5.41) is 5.35. The summed E-state index contributed by atoms with van der Waals surface area (Å²) >= 11 is 0. The standard InChI is InChI=1S/C45H57N6O7P/c1-44(2,3)57-59(58-45(4,5)6)56-30-49(7)42(55)39(16-11-27-52)51-29-33-28-34(18-19-36(33)41(51)54)47-40(53)20-17-31-22-25-50(26-23-31)43-46-24-21-38(48-43)37-15-10-13-32-12-8-9-14-35(32)37/h8-10,12-15,18-19,21,24,27-28,31,39H,11,16-17,20,22-23,25-26,29-30H2,1-7H3,(H,47,53). The smallest absolute Gasteiger partial charge is 0.335 e. The molecule has 4 aromatic rings. The van der Waals surface area contributed by atoms with E-state index in [0.29, 0.717) is 29.2 Å². The van der Waals surface area contributed by atoms with Crippen LogP contribution in [-0.2, 0) is 34.5 Å². The number of hydrogen-bond donors (Lipinski definition) is 1. The number of aromatic nitrogens is 2. The number of fused-ring (bicyclic) bond motifs is 2. The van der Waals surface area contributed by atoms with E-state index in [4.69, 9.17) is 18.6 Å². The van der Waals surface area contributed by atoms with Crippen LogP contribution in [0.5, 0.6) is 0 Å². The first-order chi connectivity index (χ1) is 28.1. The normalized spacial score (nSPS) is 15.4. The van der Waals surface area contributed by atoms with Crippen LogP contribution >= 0.6 is 8.60 Å². The summed E-state index contributed by atoms with van der Waals surface area (Å²) in [7, 11) is -0.208. The second-order valence-electron chi connectivity index (χ2n) is 17.3. The van der Waals surface area contributed by atoms with Gasteiger partial charge in [0.05, 0.1) is 16.9 Å². The number of nitrogens with one attached hydrogen (secondary N) is 1. The van der Waals surface area contributed by atoms with Gasteiger partial charge in [0.1, 0.15) is 19.1 Å². The molecule has 2 aliphatic heterocycles. The zero-order valence-corrected chi connectivity index (χ0v) is 36.2. The van der Waals surface area contributed by atoms with Gasteiger partial charge in [-0.1, -0.05) is 42.5 Å². The van der Waals surface area contributed by atoms with Crippen LogP contribution in [-0.4, -0.2) is 87.9 Å². The first-order valence-electron chi connectivity index (χ1n) is 20.4. The summed E-state index contributed by atoms with van der Waals surface area (Å²) in [4.78, 5) is 66.7. The van der Waals surface area contributed by atoms with Gasteiger partial charge in [-0.2, -0.15) is 0 Å². The zero-order chi connectivity index (χ0) is 42.3. The first-order valence-corrected chi connectivity index (χ1v) is 21.5. The van der Waals surface area contributed by atoms with Gasteiger partial charge in [-0.15, -0.1) is 0 Å². The lowest BCUT2D eigenvalue weighted by molar-refractivity contribution is -0.138. The second kappa shape index (κ2) is 19.1. The summed E-state index contributed by atoms with van der Waals surface area (Å²) in [5.41, 5.74) is 2.66. The molecule has 6 rings (SSSR count). The van der Waals surface area contributed by atoms with Crippen LogP contribution in [0.3, 0.4) is 0 Å². The van der Waals surface area contributed by atoms with Crippen molar-refractivity contribution >= 4 is 55.0 Å². The van der Waals surface area contributed by atoms with Crippen LogP contribution in [0, 0.1) is 5.92 Å². The molecular formula is C45H57N6O7P. The summed E-state index contributed by atoms with van der Waals surface area (Å²) in [5.74, 6) is 0.366. The minimum Gasteiger partial charge on any atom is -0.341 e. The van der Waals surface area contributed by atoms with E-state index in [1.807, 2.05) is 65.9 Å². The molecule has 2 aliphatic rings. The molecule has 3 aromatic carbocycles. The molecule has 3 heterocycles. The Kier molecular flexibility index (Phi) is 14.1. The Hall–Kier alpha value is -4.81. The van der Waals surface area contributed by atoms with Crippen molar-refractivity contribution < 1.29 is 32.7 Å². The minimum absolute atomic E-state index is 0.0915. The molecule has 1 fully saturated rings. The number of carbonyl (C=O) groups excluding carboxylic acids is 4. The highest BCUT2D eigenvalue weighted by Gasteiger charge is 2.38. The lowest BCUT2D eigenvalue weighted by atomic mass is 9.92. The van der Waals surface area contributed by atoms with Crippen LogP contribution in [0.4, 0.5) is 11.6 Å². The topological polar surface area (TPSA) is 144 Å². The third-order valence-electron chi connectivity index (χ3n) is 10.3. The summed E-state index contributed by atoms with van der Waals surface area (Å²) in [6, 6.07) is 20.9. The van der Waals surface area contributed by atoms with Gasteiger partial charge in [0, 0.05) is 62.5 Å². The number of rotatable bonds is 16. The molecule has 3 amide bonds. The first kappa shape index (κ1) is 43.8. The molecule has 14 heteroatoms. The molecule has 314 valence electrons. The lowest BCUT2D eigenvalue weighted by Gasteiger charge is -2.33. The van der Waals surface area contributed by atoms with E-state index < -0.39 is 25.8 Å². The average Bonchev–Trinajstić information content (AvgIpc) is 3.52. The van der Waals surface area contributed by atoms with Gasteiger partial charge in [0.15, 0.2) is 0 Å². The predicted octanol–water partition coefficient (Wildman–Crippen LogP) is 8.53. The Morgan fingerprint density at radius 1 is 0.966 bits per heavy atom. The molecule has 13 nitrogen and oxygen atoms in total. The maximum atomic E-state index is 13.8. The maximum Gasteiger partial charge on any atom is 0.335 e. The number of benzene rings is 3. The summed E-state index contributed by atoms with van der Waals surface area (Å²) in [6.07, 6.45) is 5.85. The maximum absolute atomic E-state index is 13.8. The molecule has 1 saturated heterocycles. The Bertz CT molecular complexity index is 2110. The molecule has 1 unspecified atom stereocenters. The van der Waals surface area contributed by atoms with E-state index in [1.54, 1.807) is 25.2 Å². The fourth-order valence-electron chi connectivity index (χ4n) is 7.36. The van der Waals surface area contributed by atoms with Gasteiger partial charge in [0.2, 0.25) is 17.8 Å². The number of amides is 3. The molecular weight excluding hydrogens is 768 g/mol. The van der Waals surface area contributed by atoms with Crippen molar-refractivity contribution in [2.24, 2.45) is 5.92 Å². The highest BCUT2D eigenvalue weighted by atomic mass is 31.2. The van der Waals surface area contributed by atoms with Crippen LogP contribution in [0.1, 0.15) is 96.0 Å². The fourth-order valence-corrected chi connectivity index (χ4v) is 8.67. The van der Waals surface area contributed by atoms with Crippen molar-refractivity contribution in [3.8, 4) is 11.3 Å². The molecule has 0 aliphatic carbocycles. The molecule has 0 bridgehead atoms. The van der Waals surface area contributed by atoms with Gasteiger partial charge >= 0.3 is 8.60 Å². The van der Waals surface area contributed by atoms with Crippen LogP contribution in [0.25, 0.3) is 22.0 Å². The molecule has 0 radical (unpaired) electrons. The number of nitrogens with zero attached hydrogens (tertiary/aromatic N) is 5. The van der Waals surface area contributed by atoms with Crippen LogP contribution in [0.15, 0.2) is 72.9 Å². The van der Waals surface area contributed by atoms with Crippen molar-refractivity contribution in [2.75, 3.05) is 37.1 Å². The van der Waals surface area contributed by atoms with E-state index in [9.17, 15) is 19.2 Å². The van der Waals surface area contributed by atoms with E-state index in [2.05, 4.69) is 45.5 Å². The van der Waals surface area contributed by atoms with Crippen LogP contribution in [0.2, 0.25) is 0 Å². The number of piperidine rings is 1. The third-order valence-corrected chi connectivity index (χ3v) is 12.0. The van der Waals surface area contributed by atoms with Gasteiger partial charge in [0.25, 0.3) is 5.91 Å². The number of hydrogen-bond acceptors (Lipinski definition) is 10. The van der Waals surface area contributed by atoms with Crippen molar-refractivity contribution in [3.05, 3.63) is 84.1 Å². The quantitative estimate of drug-likeness (QED) is 0.0664. The number of likely N-dealkylation sites (N-methyl/N-ethyl adjacent to an activating group) is 1. The van der Waals surface area contributed by atoms with Gasteiger partial charge in [-0.3, -0.25) is 18.9 Å². The Labute approximate surface area is 348 Å². The van der Waals surface area contributed by atoms with Crippen molar-refractivity contribution in [3.63, 3.8) is 0 Å². The van der Waals surface area contributed by atoms with Gasteiger partial charge < -0.3 is 33.9 Å². The van der Waals surface area contributed by atoms with Gasteiger partial charge in [-0.05, 0) is 114 Å². The summed E-state index contributed by atoms with van der Waals surface area (Å²) < 4.78 is 17.9. The van der Waals surface area contributed by atoms with Crippen LogP contribution < -0.4 is 10.2 Å². The summed E-state index contributed by atoms with van der Waals surface area (Å²) in [6.45, 7) is 13.0. The highest BCUT2D eigenvalue weighted by molar-refractivity contribution is 7.41. The van der Waals surface area contributed by atoms with E-state index >= 15 is 0 Å². The third kappa shape index (κ3) is 11.7. The largest absolute Gasteiger partial charge is 0.341 e. The van der Waals surface area contributed by atoms with E-state index in [-0.39, 0.29) is 43.8 Å². The average molecular weight is 825 g/mol. The monoisotopic (exact) mass is 824 g/mol. The molecule has 1 N–H and O–H groups in total. The minimum atomic E-state index is -1.79. The molecule has 0 saturated carbocycles. The van der Waals surface area contributed by atoms with Crippen molar-refractivity contribution in [1.82, 2.24) is 19.8 Å². The number of anilines is 2. The van der Waals surface area contributed by atoms with E-state index in [1.165, 1.54) is 15.2 Å². The lowest BCUT2D eigenvalue weighted by Crippen LogP contribution is -2.48. The molecule has 1 aromatic heterocycles. The SMILES string of the molecule is CN(COP(OC(C)(C)C)OC(C)(C)C)C(=O)C(CCC=O)N1Cc2cc(NC(=O)CCC3CCN(c4nccc(-c5cccc6ccccc56)n4)CC3)ccc2C1=O. The number of aldehydes is 1. The van der Waals surface area contributed by atoms with Crippen molar-refractivity contribution in [1.29, 1.82) is 0 Å². The Balaban J connectivity index is 1.00. The molecule has 59 heavy (non-hydrogen) atoms. The predicted molar refractivity (Wildman–Crippen MR) is 230 cm³/mol. The zero-order valence-electron chi connectivity index (χ0n) is 35.3. The number of carbonyl (C=O) groups is 4. The van der Waals surface area contributed by atoms with E-state index in [0.717, 1.165) is 61.2 Å². The highest BCUT2D eigenvalue weighted by Crippen LogP contribution is 2.47. The van der Waals surface area contributed by atoms with Gasteiger partial charge in [-0.25, -0.2) is 9.97 Å².